The van der Waals surface area contributed by atoms with Gasteiger partial charge in [0, 0.05) is 4.47 Å². The van der Waals surface area contributed by atoms with Crippen molar-refractivity contribution in [2.45, 2.75) is 51.9 Å². The maximum atomic E-state index is 11.8. The first kappa shape index (κ1) is 16.2. The summed E-state index contributed by atoms with van der Waals surface area (Å²) < 4.78 is 6.32. The van der Waals surface area contributed by atoms with E-state index in [4.69, 9.17) is 4.74 Å². The van der Waals surface area contributed by atoms with E-state index in [9.17, 15) is 4.79 Å². The molecule has 0 aromatic heterocycles. The minimum atomic E-state index is -0.0742. The molecule has 19 heavy (non-hydrogen) atoms. The highest BCUT2D eigenvalue weighted by atomic mass is 79.9. The van der Waals surface area contributed by atoms with Crippen molar-refractivity contribution in [1.82, 2.24) is 0 Å². The highest BCUT2D eigenvalue weighted by Gasteiger charge is 2.16. The summed E-state index contributed by atoms with van der Waals surface area (Å²) in [5.41, 5.74) is 1.22. The van der Waals surface area contributed by atoms with Crippen LogP contribution in [-0.4, -0.2) is 12.6 Å². The molecule has 0 aliphatic carbocycles. The average molecular weight is 327 g/mol. The Morgan fingerprint density at radius 3 is 2.47 bits per heavy atom. The Hall–Kier alpha value is -0.830. The number of unbranched alkanes of at least 4 members (excludes halogenated alkanes) is 1. The molecule has 2 nitrogen and oxygen atoms in total. The second-order valence-electron chi connectivity index (χ2n) is 4.82. The third-order valence-corrected chi connectivity index (χ3v) is 3.68. The largest absolute Gasteiger partial charge is 0.466 e. The van der Waals surface area contributed by atoms with Gasteiger partial charge in [-0.2, -0.15) is 0 Å². The van der Waals surface area contributed by atoms with Gasteiger partial charge in [-0.1, -0.05) is 54.8 Å². The Balaban J connectivity index is 2.57. The van der Waals surface area contributed by atoms with Crippen molar-refractivity contribution in [2.75, 3.05) is 6.61 Å². The molecule has 0 heterocycles. The minimum absolute atomic E-state index is 0.0742. The number of carbonyl (C=O) groups excluding carboxylic acids is 1. The summed E-state index contributed by atoms with van der Waals surface area (Å²) >= 11 is 3.43. The summed E-state index contributed by atoms with van der Waals surface area (Å²) in [6.07, 6.45) is 4.58. The zero-order valence-corrected chi connectivity index (χ0v) is 13.4. The fraction of sp³-hybridized carbons (Fsp3) is 0.562. The monoisotopic (exact) mass is 326 g/mol. The van der Waals surface area contributed by atoms with Crippen LogP contribution in [0, 0.1) is 0 Å². The Morgan fingerprint density at radius 2 is 1.89 bits per heavy atom. The molecular weight excluding hydrogens is 304 g/mol. The summed E-state index contributed by atoms with van der Waals surface area (Å²) in [6, 6.07) is 8.23. The summed E-state index contributed by atoms with van der Waals surface area (Å²) in [4.78, 5) is 11.8. The standard InChI is InChI=1S/C16H23BrO2/c1-3-5-11-19-16(18)12-14(6-4-2)13-7-9-15(17)10-8-13/h7-10,14H,3-6,11-12H2,1-2H3/t14-/m0/s1. The SMILES string of the molecule is CCCCOC(=O)C[C@H](CCC)c1ccc(Br)cc1. The van der Waals surface area contributed by atoms with E-state index in [2.05, 4.69) is 41.9 Å². The molecule has 3 heteroatoms. The van der Waals surface area contributed by atoms with Gasteiger partial charge in [-0.05, 0) is 36.5 Å². The maximum Gasteiger partial charge on any atom is 0.306 e. The first-order valence-corrected chi connectivity index (χ1v) is 7.87. The Bertz CT molecular complexity index is 373. The molecule has 0 saturated heterocycles. The van der Waals surface area contributed by atoms with Gasteiger partial charge >= 0.3 is 5.97 Å². The van der Waals surface area contributed by atoms with Crippen LogP contribution >= 0.6 is 15.9 Å². The Kier molecular flexibility index (Phi) is 7.80. The molecule has 0 bridgehead atoms. The van der Waals surface area contributed by atoms with Crippen LogP contribution in [-0.2, 0) is 9.53 Å². The molecule has 0 radical (unpaired) electrons. The second kappa shape index (κ2) is 9.13. The highest BCUT2D eigenvalue weighted by molar-refractivity contribution is 9.10. The first-order valence-electron chi connectivity index (χ1n) is 7.08. The van der Waals surface area contributed by atoms with Crippen molar-refractivity contribution < 1.29 is 9.53 Å². The summed E-state index contributed by atoms with van der Waals surface area (Å²) in [6.45, 7) is 4.79. The van der Waals surface area contributed by atoms with E-state index in [1.54, 1.807) is 0 Å². The van der Waals surface area contributed by atoms with E-state index < -0.39 is 0 Å². The van der Waals surface area contributed by atoms with Crippen LogP contribution in [0.1, 0.15) is 57.4 Å². The molecular formula is C16H23BrO2. The van der Waals surface area contributed by atoms with E-state index >= 15 is 0 Å². The molecule has 0 N–H and O–H groups in total. The molecule has 1 atom stereocenters. The number of rotatable bonds is 8. The smallest absolute Gasteiger partial charge is 0.306 e. The quantitative estimate of drug-likeness (QED) is 0.492. The lowest BCUT2D eigenvalue weighted by Gasteiger charge is -2.16. The molecule has 106 valence electrons. The van der Waals surface area contributed by atoms with Crippen molar-refractivity contribution >= 4 is 21.9 Å². The number of benzene rings is 1. The van der Waals surface area contributed by atoms with Gasteiger partial charge in [0.2, 0.25) is 0 Å². The van der Waals surface area contributed by atoms with Gasteiger partial charge in [0.25, 0.3) is 0 Å². The zero-order chi connectivity index (χ0) is 14.1. The van der Waals surface area contributed by atoms with Crippen LogP contribution in [0.3, 0.4) is 0 Å². The van der Waals surface area contributed by atoms with E-state index in [1.807, 2.05) is 12.1 Å². The van der Waals surface area contributed by atoms with Crippen LogP contribution in [0.5, 0.6) is 0 Å². The molecule has 1 rings (SSSR count). The lowest BCUT2D eigenvalue weighted by molar-refractivity contribution is -0.144. The van der Waals surface area contributed by atoms with Crippen LogP contribution in [0.25, 0.3) is 0 Å². The number of hydrogen-bond acceptors (Lipinski definition) is 2. The normalized spacial score (nSPS) is 12.2. The molecule has 0 amide bonds. The summed E-state index contributed by atoms with van der Waals surface area (Å²) in [5.74, 6) is 0.196. The van der Waals surface area contributed by atoms with Crippen molar-refractivity contribution in [2.24, 2.45) is 0 Å². The van der Waals surface area contributed by atoms with Crippen LogP contribution in [0.2, 0.25) is 0 Å². The fourth-order valence-electron chi connectivity index (χ4n) is 2.06. The van der Waals surface area contributed by atoms with Crippen molar-refractivity contribution in [3.63, 3.8) is 0 Å². The number of carbonyl (C=O) groups is 1. The molecule has 0 aliphatic heterocycles. The first-order chi connectivity index (χ1) is 9.17. The highest BCUT2D eigenvalue weighted by Crippen LogP contribution is 2.26. The molecule has 0 aliphatic rings. The topological polar surface area (TPSA) is 26.3 Å². The number of ether oxygens (including phenoxy) is 1. The molecule has 0 fully saturated rings. The molecule has 0 saturated carbocycles. The molecule has 0 spiro atoms. The molecule has 1 aromatic rings. The maximum absolute atomic E-state index is 11.8. The van der Waals surface area contributed by atoms with Crippen molar-refractivity contribution in [3.05, 3.63) is 34.3 Å². The predicted octanol–water partition coefficient (Wildman–Crippen LogP) is 5.07. The van der Waals surface area contributed by atoms with E-state index in [0.29, 0.717) is 13.0 Å². The molecule has 1 aromatic carbocycles. The number of esters is 1. The minimum Gasteiger partial charge on any atom is -0.466 e. The lowest BCUT2D eigenvalue weighted by Crippen LogP contribution is -2.11. The van der Waals surface area contributed by atoms with Gasteiger partial charge < -0.3 is 4.74 Å². The van der Waals surface area contributed by atoms with Crippen LogP contribution in [0.4, 0.5) is 0 Å². The van der Waals surface area contributed by atoms with Crippen molar-refractivity contribution in [1.29, 1.82) is 0 Å². The predicted molar refractivity (Wildman–Crippen MR) is 82.3 cm³/mol. The third kappa shape index (κ3) is 6.24. The van der Waals surface area contributed by atoms with Gasteiger partial charge in [0.05, 0.1) is 13.0 Å². The van der Waals surface area contributed by atoms with Gasteiger partial charge in [-0.25, -0.2) is 0 Å². The van der Waals surface area contributed by atoms with E-state index in [-0.39, 0.29) is 11.9 Å². The molecule has 0 unspecified atom stereocenters. The van der Waals surface area contributed by atoms with Gasteiger partial charge in [-0.3, -0.25) is 4.79 Å². The Labute approximate surface area is 124 Å². The van der Waals surface area contributed by atoms with Crippen LogP contribution in [0.15, 0.2) is 28.7 Å². The third-order valence-electron chi connectivity index (χ3n) is 3.15. The number of hydrogen-bond donors (Lipinski definition) is 0. The Morgan fingerprint density at radius 1 is 1.21 bits per heavy atom. The lowest BCUT2D eigenvalue weighted by atomic mass is 9.91. The summed E-state index contributed by atoms with van der Waals surface area (Å²) in [7, 11) is 0. The van der Waals surface area contributed by atoms with Crippen molar-refractivity contribution in [3.8, 4) is 0 Å². The average Bonchev–Trinajstić information content (AvgIpc) is 2.39. The zero-order valence-electron chi connectivity index (χ0n) is 11.8. The van der Waals surface area contributed by atoms with E-state index in [0.717, 1.165) is 30.2 Å². The summed E-state index contributed by atoms with van der Waals surface area (Å²) in [5, 5.41) is 0. The fourth-order valence-corrected chi connectivity index (χ4v) is 2.32. The second-order valence-corrected chi connectivity index (χ2v) is 5.73. The van der Waals surface area contributed by atoms with Crippen LogP contribution < -0.4 is 0 Å². The van der Waals surface area contributed by atoms with E-state index in [1.165, 1.54) is 5.56 Å². The van der Waals surface area contributed by atoms with Gasteiger partial charge in [0.1, 0.15) is 0 Å². The number of halogens is 1. The van der Waals surface area contributed by atoms with Gasteiger partial charge in [-0.15, -0.1) is 0 Å². The van der Waals surface area contributed by atoms with Gasteiger partial charge in [0.15, 0.2) is 0 Å².